The van der Waals surface area contributed by atoms with Crippen molar-refractivity contribution in [2.24, 2.45) is 0 Å². The summed E-state index contributed by atoms with van der Waals surface area (Å²) in [5.41, 5.74) is 2.14. The Balaban J connectivity index is 1.78. The second-order valence-corrected chi connectivity index (χ2v) is 6.19. The van der Waals surface area contributed by atoms with Gasteiger partial charge in [0.25, 0.3) is 0 Å². The molecule has 0 heterocycles. The van der Waals surface area contributed by atoms with Crippen LogP contribution in [0.1, 0.15) is 18.1 Å². The fourth-order valence-electron chi connectivity index (χ4n) is 2.64. The number of rotatable bonds is 10. The minimum Gasteiger partial charge on any atom is -0.493 e. The summed E-state index contributed by atoms with van der Waals surface area (Å²) in [6.07, 6.45) is 3.31. The van der Waals surface area contributed by atoms with E-state index in [0.29, 0.717) is 24.7 Å². The van der Waals surface area contributed by atoms with E-state index in [1.165, 1.54) is 11.6 Å². The Bertz CT molecular complexity index is 744. The molecule has 0 atom stereocenters. The van der Waals surface area contributed by atoms with Crippen LogP contribution < -0.4 is 14.8 Å². The number of nitrogens with one attached hydrogen (secondary N) is 1. The monoisotopic (exact) mass is 368 g/mol. The molecule has 1 amide bonds. The van der Waals surface area contributed by atoms with Crippen molar-refractivity contribution in [3.05, 3.63) is 65.7 Å². The third kappa shape index (κ3) is 7.15. The molecule has 0 radical (unpaired) electrons. The lowest BCUT2D eigenvalue weighted by Crippen LogP contribution is -2.31. The van der Waals surface area contributed by atoms with E-state index in [1.807, 2.05) is 50.4 Å². The SMILES string of the molecule is CCOc1cc(/C=C/C(=O)NCCN(C)Cc2ccccc2)ccc1OC. The van der Waals surface area contributed by atoms with E-state index in [-0.39, 0.29) is 5.91 Å². The molecule has 144 valence electrons. The van der Waals surface area contributed by atoms with Gasteiger partial charge in [0.1, 0.15) is 0 Å². The minimum atomic E-state index is -0.114. The Morgan fingerprint density at radius 2 is 1.93 bits per heavy atom. The van der Waals surface area contributed by atoms with Crippen LogP contribution in [0.4, 0.5) is 0 Å². The maximum atomic E-state index is 12.0. The summed E-state index contributed by atoms with van der Waals surface area (Å²) in [7, 11) is 3.65. The second-order valence-electron chi connectivity index (χ2n) is 6.19. The Labute approximate surface area is 161 Å². The van der Waals surface area contributed by atoms with Gasteiger partial charge in [0, 0.05) is 25.7 Å². The highest BCUT2D eigenvalue weighted by Gasteiger charge is 2.05. The molecular formula is C22H28N2O3. The highest BCUT2D eigenvalue weighted by atomic mass is 16.5. The Kier molecular flexibility index (Phi) is 8.39. The van der Waals surface area contributed by atoms with Crippen molar-refractivity contribution < 1.29 is 14.3 Å². The molecule has 1 N–H and O–H groups in total. The number of carbonyl (C=O) groups excluding carboxylic acids is 1. The predicted molar refractivity (Wildman–Crippen MR) is 109 cm³/mol. The molecule has 0 saturated carbocycles. The Morgan fingerprint density at radius 1 is 1.15 bits per heavy atom. The normalized spacial score (nSPS) is 11.0. The third-order valence-corrected chi connectivity index (χ3v) is 4.00. The van der Waals surface area contributed by atoms with Crippen LogP contribution in [0.2, 0.25) is 0 Å². The molecule has 5 nitrogen and oxygen atoms in total. The maximum absolute atomic E-state index is 12.0. The number of likely N-dealkylation sites (N-methyl/N-ethyl adjacent to an activating group) is 1. The van der Waals surface area contributed by atoms with Gasteiger partial charge in [-0.05, 0) is 43.3 Å². The van der Waals surface area contributed by atoms with Gasteiger partial charge in [-0.3, -0.25) is 4.79 Å². The highest BCUT2D eigenvalue weighted by Crippen LogP contribution is 2.28. The van der Waals surface area contributed by atoms with Crippen molar-refractivity contribution in [2.45, 2.75) is 13.5 Å². The average Bonchev–Trinajstić information content (AvgIpc) is 2.67. The molecule has 0 spiro atoms. The van der Waals surface area contributed by atoms with Crippen molar-refractivity contribution >= 4 is 12.0 Å². The van der Waals surface area contributed by atoms with Crippen molar-refractivity contribution in [1.82, 2.24) is 10.2 Å². The molecule has 0 fully saturated rings. The van der Waals surface area contributed by atoms with Crippen LogP contribution >= 0.6 is 0 Å². The summed E-state index contributed by atoms with van der Waals surface area (Å²) in [5.74, 6) is 1.24. The molecule has 0 bridgehead atoms. The van der Waals surface area contributed by atoms with E-state index >= 15 is 0 Å². The fourth-order valence-corrected chi connectivity index (χ4v) is 2.64. The first-order valence-electron chi connectivity index (χ1n) is 9.11. The molecule has 0 aliphatic heterocycles. The number of amides is 1. The first kappa shape index (κ1) is 20.5. The molecule has 0 aliphatic rings. The lowest BCUT2D eigenvalue weighted by molar-refractivity contribution is -0.116. The number of carbonyl (C=O) groups is 1. The summed E-state index contributed by atoms with van der Waals surface area (Å²) in [6.45, 7) is 4.72. The summed E-state index contributed by atoms with van der Waals surface area (Å²) < 4.78 is 10.8. The standard InChI is InChI=1S/C22H28N2O3/c1-4-27-21-16-18(10-12-20(21)26-3)11-13-22(25)23-14-15-24(2)17-19-8-6-5-7-9-19/h5-13,16H,4,14-15,17H2,1-3H3,(H,23,25)/b13-11+. The Hall–Kier alpha value is -2.79. The van der Waals surface area contributed by atoms with E-state index in [1.54, 1.807) is 13.2 Å². The first-order valence-corrected chi connectivity index (χ1v) is 9.11. The maximum Gasteiger partial charge on any atom is 0.244 e. The smallest absolute Gasteiger partial charge is 0.244 e. The van der Waals surface area contributed by atoms with Gasteiger partial charge in [-0.1, -0.05) is 36.4 Å². The zero-order valence-corrected chi connectivity index (χ0v) is 16.3. The largest absolute Gasteiger partial charge is 0.493 e. The van der Waals surface area contributed by atoms with Crippen LogP contribution in [-0.2, 0) is 11.3 Å². The highest BCUT2D eigenvalue weighted by molar-refractivity contribution is 5.91. The molecule has 5 heteroatoms. The first-order chi connectivity index (χ1) is 13.1. The van der Waals surface area contributed by atoms with Gasteiger partial charge in [0.05, 0.1) is 13.7 Å². The van der Waals surface area contributed by atoms with Crippen molar-refractivity contribution in [3.8, 4) is 11.5 Å². The third-order valence-electron chi connectivity index (χ3n) is 4.00. The van der Waals surface area contributed by atoms with E-state index in [0.717, 1.165) is 18.7 Å². The number of nitrogens with zero attached hydrogens (tertiary/aromatic N) is 1. The molecule has 2 aromatic carbocycles. The van der Waals surface area contributed by atoms with Crippen molar-refractivity contribution in [3.63, 3.8) is 0 Å². The molecule has 27 heavy (non-hydrogen) atoms. The van der Waals surface area contributed by atoms with Crippen LogP contribution in [0.5, 0.6) is 11.5 Å². The van der Waals surface area contributed by atoms with Crippen LogP contribution in [0.15, 0.2) is 54.6 Å². The van der Waals surface area contributed by atoms with Gasteiger partial charge in [-0.25, -0.2) is 0 Å². The molecule has 0 unspecified atom stereocenters. The van der Waals surface area contributed by atoms with E-state index in [9.17, 15) is 4.79 Å². The van der Waals surface area contributed by atoms with E-state index in [4.69, 9.17) is 9.47 Å². The van der Waals surface area contributed by atoms with Gasteiger partial charge in [0.15, 0.2) is 11.5 Å². The van der Waals surface area contributed by atoms with Crippen LogP contribution in [0, 0.1) is 0 Å². The molecular weight excluding hydrogens is 340 g/mol. The Morgan fingerprint density at radius 3 is 2.63 bits per heavy atom. The van der Waals surface area contributed by atoms with Gasteiger partial charge in [-0.15, -0.1) is 0 Å². The fraction of sp³-hybridized carbons (Fsp3) is 0.318. The second kappa shape index (κ2) is 11.0. The lowest BCUT2D eigenvalue weighted by Gasteiger charge is -2.16. The van der Waals surface area contributed by atoms with Gasteiger partial charge in [-0.2, -0.15) is 0 Å². The number of methoxy groups -OCH3 is 1. The lowest BCUT2D eigenvalue weighted by atomic mass is 10.2. The number of hydrogen-bond acceptors (Lipinski definition) is 4. The quantitative estimate of drug-likeness (QED) is 0.654. The van der Waals surface area contributed by atoms with Crippen LogP contribution in [0.3, 0.4) is 0 Å². The molecule has 2 rings (SSSR count). The summed E-state index contributed by atoms with van der Waals surface area (Å²) in [6, 6.07) is 15.9. The van der Waals surface area contributed by atoms with Gasteiger partial charge < -0.3 is 19.7 Å². The molecule has 2 aromatic rings. The average molecular weight is 368 g/mol. The van der Waals surface area contributed by atoms with Gasteiger partial charge >= 0.3 is 0 Å². The number of ether oxygens (including phenoxy) is 2. The molecule has 0 saturated heterocycles. The van der Waals surface area contributed by atoms with Crippen molar-refractivity contribution in [1.29, 1.82) is 0 Å². The van der Waals surface area contributed by atoms with Crippen LogP contribution in [0.25, 0.3) is 6.08 Å². The van der Waals surface area contributed by atoms with E-state index < -0.39 is 0 Å². The van der Waals surface area contributed by atoms with E-state index in [2.05, 4.69) is 22.3 Å². The van der Waals surface area contributed by atoms with Gasteiger partial charge in [0.2, 0.25) is 5.91 Å². The summed E-state index contributed by atoms with van der Waals surface area (Å²) in [5, 5.41) is 2.91. The summed E-state index contributed by atoms with van der Waals surface area (Å²) >= 11 is 0. The zero-order chi connectivity index (χ0) is 19.5. The summed E-state index contributed by atoms with van der Waals surface area (Å²) in [4.78, 5) is 14.2. The minimum absolute atomic E-state index is 0.114. The topological polar surface area (TPSA) is 50.8 Å². The number of hydrogen-bond donors (Lipinski definition) is 1. The van der Waals surface area contributed by atoms with Crippen molar-refractivity contribution in [2.75, 3.05) is 33.9 Å². The zero-order valence-electron chi connectivity index (χ0n) is 16.3. The molecule has 0 aromatic heterocycles. The number of benzene rings is 2. The van der Waals surface area contributed by atoms with Crippen LogP contribution in [-0.4, -0.2) is 44.7 Å². The predicted octanol–water partition coefficient (Wildman–Crippen LogP) is 3.36. The molecule has 0 aliphatic carbocycles.